The summed E-state index contributed by atoms with van der Waals surface area (Å²) in [6, 6.07) is 0. The molecular formula is C14H28N2O4S. The van der Waals surface area contributed by atoms with Crippen LogP contribution in [0.15, 0.2) is 0 Å². The molecule has 1 atom stereocenters. The highest BCUT2D eigenvalue weighted by Crippen LogP contribution is 2.18. The lowest BCUT2D eigenvalue weighted by molar-refractivity contribution is -0.120. The quantitative estimate of drug-likeness (QED) is 0.612. The van der Waals surface area contributed by atoms with Gasteiger partial charge in [-0.15, -0.1) is 0 Å². The Morgan fingerprint density at radius 3 is 2.57 bits per heavy atom. The van der Waals surface area contributed by atoms with Crippen molar-refractivity contribution in [2.45, 2.75) is 51.2 Å². The van der Waals surface area contributed by atoms with E-state index in [0.29, 0.717) is 45.7 Å². The Bertz CT molecular complexity index is 405. The molecule has 1 rings (SSSR count). The lowest BCUT2D eigenvalue weighted by atomic mass is 10.3. The number of sulfonamides is 1. The summed E-state index contributed by atoms with van der Waals surface area (Å²) in [5.74, 6) is 0.0420. The van der Waals surface area contributed by atoms with Crippen LogP contribution < -0.4 is 5.32 Å². The lowest BCUT2D eigenvalue weighted by Crippen LogP contribution is -2.36. The zero-order valence-corrected chi connectivity index (χ0v) is 14.0. The van der Waals surface area contributed by atoms with Gasteiger partial charge in [0.15, 0.2) is 0 Å². The van der Waals surface area contributed by atoms with Gasteiger partial charge in [0, 0.05) is 39.3 Å². The monoisotopic (exact) mass is 320 g/mol. The van der Waals surface area contributed by atoms with Gasteiger partial charge in [-0.1, -0.05) is 6.92 Å². The van der Waals surface area contributed by atoms with Gasteiger partial charge in [0.05, 0.1) is 5.25 Å². The van der Waals surface area contributed by atoms with Crippen molar-refractivity contribution in [3.8, 4) is 0 Å². The first-order valence-electron chi connectivity index (χ1n) is 7.82. The molecule has 0 aromatic carbocycles. The first kappa shape index (κ1) is 18.4. The molecule has 0 bridgehead atoms. The van der Waals surface area contributed by atoms with Crippen LogP contribution in [-0.2, 0) is 19.6 Å². The van der Waals surface area contributed by atoms with Crippen LogP contribution in [0.4, 0.5) is 0 Å². The summed E-state index contributed by atoms with van der Waals surface area (Å²) < 4.78 is 31.5. The van der Waals surface area contributed by atoms with Gasteiger partial charge < -0.3 is 10.1 Å². The maximum atomic E-state index is 12.2. The van der Waals surface area contributed by atoms with Gasteiger partial charge in [-0.3, -0.25) is 4.79 Å². The van der Waals surface area contributed by atoms with Gasteiger partial charge in [-0.05, 0) is 32.6 Å². The number of rotatable bonds is 10. The van der Waals surface area contributed by atoms with Crippen molar-refractivity contribution in [3.05, 3.63) is 0 Å². The minimum atomic E-state index is -3.15. The minimum absolute atomic E-state index is 0.0420. The average Bonchev–Trinajstić information content (AvgIpc) is 3.00. The standard InChI is InChI=1S/C14H28N2O4S/c1-3-14(17)15-8-6-11-20-12-7-13(2)21(18,19)16-9-4-5-10-16/h13H,3-12H2,1-2H3,(H,15,17). The molecule has 7 heteroatoms. The summed E-state index contributed by atoms with van der Waals surface area (Å²) in [5.41, 5.74) is 0. The van der Waals surface area contributed by atoms with Gasteiger partial charge in [-0.2, -0.15) is 0 Å². The number of carbonyl (C=O) groups is 1. The number of hydrogen-bond acceptors (Lipinski definition) is 4. The van der Waals surface area contributed by atoms with Crippen LogP contribution in [0.5, 0.6) is 0 Å². The number of nitrogens with one attached hydrogen (secondary N) is 1. The third-order valence-corrected chi connectivity index (χ3v) is 6.05. The van der Waals surface area contributed by atoms with E-state index in [1.165, 1.54) is 0 Å². The predicted molar refractivity (Wildman–Crippen MR) is 82.5 cm³/mol. The van der Waals surface area contributed by atoms with Crippen LogP contribution in [0, 0.1) is 0 Å². The Labute approximate surface area is 128 Å². The Morgan fingerprint density at radius 2 is 1.95 bits per heavy atom. The smallest absolute Gasteiger partial charge is 0.219 e. The molecule has 0 radical (unpaired) electrons. The highest BCUT2D eigenvalue weighted by molar-refractivity contribution is 7.89. The average molecular weight is 320 g/mol. The van der Waals surface area contributed by atoms with Gasteiger partial charge in [0.2, 0.25) is 15.9 Å². The fraction of sp³-hybridized carbons (Fsp3) is 0.929. The molecule has 0 aliphatic carbocycles. The fourth-order valence-electron chi connectivity index (χ4n) is 2.22. The van der Waals surface area contributed by atoms with Crippen LogP contribution in [-0.4, -0.2) is 56.7 Å². The highest BCUT2D eigenvalue weighted by Gasteiger charge is 2.30. The van der Waals surface area contributed by atoms with Gasteiger partial charge in [0.1, 0.15) is 0 Å². The zero-order valence-electron chi connectivity index (χ0n) is 13.1. The van der Waals surface area contributed by atoms with E-state index >= 15 is 0 Å². The summed E-state index contributed by atoms with van der Waals surface area (Å²) in [5, 5.41) is 2.38. The van der Waals surface area contributed by atoms with Crippen molar-refractivity contribution >= 4 is 15.9 Å². The van der Waals surface area contributed by atoms with E-state index in [1.54, 1.807) is 11.2 Å². The normalized spacial score (nSPS) is 17.8. The summed E-state index contributed by atoms with van der Waals surface area (Å²) in [7, 11) is -3.15. The fourth-order valence-corrected chi connectivity index (χ4v) is 3.89. The van der Waals surface area contributed by atoms with Crippen molar-refractivity contribution in [1.82, 2.24) is 9.62 Å². The molecule has 1 amide bonds. The first-order chi connectivity index (χ1) is 9.98. The van der Waals surface area contributed by atoms with E-state index < -0.39 is 15.3 Å². The molecule has 0 spiro atoms. The molecule has 0 aromatic heterocycles. The summed E-state index contributed by atoms with van der Waals surface area (Å²) in [4.78, 5) is 11.0. The molecular weight excluding hydrogens is 292 g/mol. The van der Waals surface area contributed by atoms with Crippen molar-refractivity contribution < 1.29 is 17.9 Å². The Balaban J connectivity index is 2.10. The maximum absolute atomic E-state index is 12.2. The van der Waals surface area contributed by atoms with Crippen molar-refractivity contribution in [2.75, 3.05) is 32.8 Å². The SMILES string of the molecule is CCC(=O)NCCCOCCC(C)S(=O)(=O)N1CCCC1. The van der Waals surface area contributed by atoms with E-state index in [2.05, 4.69) is 5.32 Å². The van der Waals surface area contributed by atoms with Gasteiger partial charge in [0.25, 0.3) is 0 Å². The van der Waals surface area contributed by atoms with E-state index in [4.69, 9.17) is 4.74 Å². The van der Waals surface area contributed by atoms with Crippen LogP contribution in [0.1, 0.15) is 46.0 Å². The molecule has 1 unspecified atom stereocenters. The second-order valence-electron chi connectivity index (χ2n) is 5.42. The van der Waals surface area contributed by atoms with Crippen LogP contribution in [0.25, 0.3) is 0 Å². The molecule has 21 heavy (non-hydrogen) atoms. The molecule has 0 saturated carbocycles. The maximum Gasteiger partial charge on any atom is 0.219 e. The number of ether oxygens (including phenoxy) is 1. The summed E-state index contributed by atoms with van der Waals surface area (Å²) >= 11 is 0. The number of amides is 1. The third kappa shape index (κ3) is 6.32. The number of hydrogen-bond donors (Lipinski definition) is 1. The second kappa shape index (κ2) is 9.38. The molecule has 1 saturated heterocycles. The molecule has 1 aliphatic heterocycles. The minimum Gasteiger partial charge on any atom is -0.381 e. The molecule has 6 nitrogen and oxygen atoms in total. The molecule has 1 heterocycles. The van der Waals surface area contributed by atoms with Gasteiger partial charge in [-0.25, -0.2) is 12.7 Å². The van der Waals surface area contributed by atoms with E-state index in [1.807, 2.05) is 6.92 Å². The van der Waals surface area contributed by atoms with E-state index in [9.17, 15) is 13.2 Å². The molecule has 1 fully saturated rings. The lowest BCUT2D eigenvalue weighted by Gasteiger charge is -2.20. The first-order valence-corrected chi connectivity index (χ1v) is 9.32. The molecule has 124 valence electrons. The highest BCUT2D eigenvalue weighted by atomic mass is 32.2. The molecule has 1 N–H and O–H groups in total. The van der Waals surface area contributed by atoms with Crippen LogP contribution in [0.2, 0.25) is 0 Å². The van der Waals surface area contributed by atoms with E-state index in [0.717, 1.165) is 19.3 Å². The largest absolute Gasteiger partial charge is 0.381 e. The third-order valence-electron chi connectivity index (χ3n) is 3.71. The van der Waals surface area contributed by atoms with Crippen LogP contribution >= 0.6 is 0 Å². The molecule has 0 aromatic rings. The zero-order chi connectivity index (χ0) is 15.7. The predicted octanol–water partition coefficient (Wildman–Crippen LogP) is 1.12. The summed E-state index contributed by atoms with van der Waals surface area (Å²) in [6.45, 7) is 6.46. The van der Waals surface area contributed by atoms with Crippen molar-refractivity contribution in [3.63, 3.8) is 0 Å². The van der Waals surface area contributed by atoms with Crippen molar-refractivity contribution in [1.29, 1.82) is 0 Å². The number of nitrogens with zero attached hydrogens (tertiary/aromatic N) is 1. The topological polar surface area (TPSA) is 75.7 Å². The van der Waals surface area contributed by atoms with Gasteiger partial charge >= 0.3 is 0 Å². The summed E-state index contributed by atoms with van der Waals surface area (Å²) in [6.07, 6.45) is 3.68. The van der Waals surface area contributed by atoms with Crippen LogP contribution in [0.3, 0.4) is 0 Å². The second-order valence-corrected chi connectivity index (χ2v) is 7.77. The Morgan fingerprint density at radius 1 is 1.29 bits per heavy atom. The van der Waals surface area contributed by atoms with E-state index in [-0.39, 0.29) is 5.91 Å². The van der Waals surface area contributed by atoms with Crippen molar-refractivity contribution in [2.24, 2.45) is 0 Å². The number of carbonyl (C=O) groups excluding carboxylic acids is 1. The Hall–Kier alpha value is -0.660. The Kier molecular flexibility index (Phi) is 8.21. The molecule has 1 aliphatic rings.